The molecule has 1 saturated carbocycles. The number of hydrogen-bond acceptors (Lipinski definition) is 3. The molecule has 1 aliphatic carbocycles. The lowest BCUT2D eigenvalue weighted by atomic mass is 9.65. The average Bonchev–Trinajstić information content (AvgIpc) is 2.25. The van der Waals surface area contributed by atoms with Gasteiger partial charge in [-0.3, -0.25) is 0 Å². The van der Waals surface area contributed by atoms with E-state index in [-0.39, 0.29) is 12.0 Å². The van der Waals surface area contributed by atoms with Crippen LogP contribution in [0.5, 0.6) is 0 Å². The zero-order valence-electron chi connectivity index (χ0n) is 13.0. The highest BCUT2D eigenvalue weighted by atomic mass is 16.6. The van der Waals surface area contributed by atoms with Gasteiger partial charge in [-0.15, -0.1) is 0 Å². The molecule has 0 aromatic carbocycles. The lowest BCUT2D eigenvalue weighted by molar-refractivity contribution is -0.0784. The van der Waals surface area contributed by atoms with Crippen LogP contribution in [0, 0.1) is 5.41 Å². The molecule has 1 fully saturated rings. The molecule has 2 N–H and O–H groups in total. The lowest BCUT2D eigenvalue weighted by Gasteiger charge is -2.45. The molecule has 1 amide bonds. The first-order valence-corrected chi connectivity index (χ1v) is 7.25. The number of ether oxygens (including phenoxy) is 1. The maximum atomic E-state index is 11.6. The van der Waals surface area contributed by atoms with Gasteiger partial charge < -0.3 is 15.2 Å². The summed E-state index contributed by atoms with van der Waals surface area (Å²) in [5, 5.41) is 13.4. The number of amides is 1. The van der Waals surface area contributed by atoms with E-state index in [0.717, 1.165) is 25.7 Å². The van der Waals surface area contributed by atoms with Crippen molar-refractivity contribution in [2.45, 2.75) is 77.9 Å². The molecule has 0 bridgehead atoms. The summed E-state index contributed by atoms with van der Waals surface area (Å²) in [5.74, 6) is 0. The fourth-order valence-electron chi connectivity index (χ4n) is 2.64. The van der Waals surface area contributed by atoms with Crippen molar-refractivity contribution >= 4 is 6.09 Å². The van der Waals surface area contributed by atoms with Crippen LogP contribution in [0.15, 0.2) is 0 Å². The molecule has 0 heterocycles. The molecule has 0 spiro atoms. The molecule has 0 aliphatic heterocycles. The van der Waals surface area contributed by atoms with Crippen LogP contribution in [-0.4, -0.2) is 28.9 Å². The Morgan fingerprint density at radius 2 is 1.74 bits per heavy atom. The second-order valence-corrected chi connectivity index (χ2v) is 7.25. The largest absolute Gasteiger partial charge is 0.444 e. The van der Waals surface area contributed by atoms with Gasteiger partial charge in [0.25, 0.3) is 0 Å². The summed E-state index contributed by atoms with van der Waals surface area (Å²) < 4.78 is 5.19. The van der Waals surface area contributed by atoms with Gasteiger partial charge in [0.1, 0.15) is 5.60 Å². The first-order chi connectivity index (χ1) is 8.56. The van der Waals surface area contributed by atoms with E-state index in [9.17, 15) is 9.90 Å². The highest BCUT2D eigenvalue weighted by Gasteiger charge is 2.43. The van der Waals surface area contributed by atoms with Crippen LogP contribution in [0.3, 0.4) is 0 Å². The highest BCUT2D eigenvalue weighted by molar-refractivity contribution is 5.67. The molecule has 0 radical (unpaired) electrons. The van der Waals surface area contributed by atoms with E-state index >= 15 is 0 Å². The molecule has 1 rings (SSSR count). The monoisotopic (exact) mass is 271 g/mol. The third-order valence-corrected chi connectivity index (χ3v) is 4.23. The first kappa shape index (κ1) is 16.3. The van der Waals surface area contributed by atoms with Crippen molar-refractivity contribution in [1.29, 1.82) is 0 Å². The molecule has 0 saturated heterocycles. The number of nitrogens with one attached hydrogen (secondary N) is 1. The maximum absolute atomic E-state index is 11.6. The summed E-state index contributed by atoms with van der Waals surface area (Å²) in [7, 11) is 0. The number of rotatable bonds is 3. The topological polar surface area (TPSA) is 58.6 Å². The Morgan fingerprint density at radius 1 is 1.21 bits per heavy atom. The summed E-state index contributed by atoms with van der Waals surface area (Å²) in [4.78, 5) is 11.6. The molecular weight excluding hydrogens is 242 g/mol. The molecule has 4 nitrogen and oxygen atoms in total. The van der Waals surface area contributed by atoms with E-state index in [4.69, 9.17) is 4.74 Å². The van der Waals surface area contributed by atoms with Crippen molar-refractivity contribution in [2.24, 2.45) is 5.41 Å². The number of carbonyl (C=O) groups excluding carboxylic acids is 1. The molecule has 0 aromatic rings. The second kappa shape index (κ2) is 5.70. The van der Waals surface area contributed by atoms with Crippen LogP contribution >= 0.6 is 0 Å². The first-order valence-electron chi connectivity index (χ1n) is 7.25. The predicted molar refractivity (Wildman–Crippen MR) is 76.1 cm³/mol. The summed E-state index contributed by atoms with van der Waals surface area (Å²) >= 11 is 0. The fraction of sp³-hybridized carbons (Fsp3) is 0.933. The second-order valence-electron chi connectivity index (χ2n) is 7.25. The predicted octanol–water partition coefficient (Wildman–Crippen LogP) is 3.23. The minimum absolute atomic E-state index is 0.125. The Labute approximate surface area is 116 Å². The molecule has 0 aromatic heterocycles. The van der Waals surface area contributed by atoms with Gasteiger partial charge in [-0.05, 0) is 46.0 Å². The van der Waals surface area contributed by atoms with Crippen molar-refractivity contribution in [3.8, 4) is 0 Å². The van der Waals surface area contributed by atoms with E-state index in [1.807, 2.05) is 27.7 Å². The van der Waals surface area contributed by atoms with Gasteiger partial charge in [-0.1, -0.05) is 26.2 Å². The Hall–Kier alpha value is -0.770. The summed E-state index contributed by atoms with van der Waals surface area (Å²) in [5.41, 5.74) is -1.53. The van der Waals surface area contributed by atoms with Gasteiger partial charge >= 0.3 is 6.09 Å². The van der Waals surface area contributed by atoms with Gasteiger partial charge in [-0.25, -0.2) is 4.79 Å². The lowest BCUT2D eigenvalue weighted by Crippen LogP contribution is -2.53. The Morgan fingerprint density at radius 3 is 2.21 bits per heavy atom. The van der Waals surface area contributed by atoms with Gasteiger partial charge in [0.05, 0.1) is 5.60 Å². The van der Waals surface area contributed by atoms with Crippen molar-refractivity contribution in [3.63, 3.8) is 0 Å². The number of alkyl carbamates (subject to hydrolysis) is 1. The maximum Gasteiger partial charge on any atom is 0.407 e. The zero-order chi connectivity index (χ0) is 14.7. The number of hydrogen-bond donors (Lipinski definition) is 2. The van der Waals surface area contributed by atoms with Gasteiger partial charge in [-0.2, -0.15) is 0 Å². The smallest absolute Gasteiger partial charge is 0.407 e. The minimum atomic E-state index is -0.898. The minimum Gasteiger partial charge on any atom is -0.444 e. The molecule has 19 heavy (non-hydrogen) atoms. The molecule has 1 aliphatic rings. The summed E-state index contributed by atoms with van der Waals surface area (Å²) in [6.45, 7) is 9.64. The molecule has 1 unspecified atom stereocenters. The van der Waals surface area contributed by atoms with Crippen molar-refractivity contribution in [3.05, 3.63) is 0 Å². The Bertz CT molecular complexity index is 312. The normalized spacial score (nSPS) is 22.4. The molecular formula is C15H29NO3. The van der Waals surface area contributed by atoms with Gasteiger partial charge in [0, 0.05) is 6.54 Å². The van der Waals surface area contributed by atoms with Crippen LogP contribution in [0.4, 0.5) is 4.79 Å². The van der Waals surface area contributed by atoms with E-state index in [2.05, 4.69) is 12.2 Å². The highest BCUT2D eigenvalue weighted by Crippen LogP contribution is 2.44. The van der Waals surface area contributed by atoms with E-state index in [1.54, 1.807) is 0 Å². The Balaban J connectivity index is 2.52. The van der Waals surface area contributed by atoms with Crippen LogP contribution in [0.2, 0.25) is 0 Å². The number of carbonyl (C=O) groups is 1. The number of aliphatic hydroxyl groups is 1. The van der Waals surface area contributed by atoms with Gasteiger partial charge in [0.2, 0.25) is 0 Å². The standard InChI is InChI=1S/C15H29NO3/c1-13(2,3)19-12(17)16-11-15(5,18)14(4)9-7-6-8-10-14/h18H,6-11H2,1-5H3,(H,16,17). The average molecular weight is 271 g/mol. The van der Waals surface area contributed by atoms with Crippen molar-refractivity contribution in [2.75, 3.05) is 6.54 Å². The van der Waals surface area contributed by atoms with E-state index in [1.165, 1.54) is 6.42 Å². The summed E-state index contributed by atoms with van der Waals surface area (Å²) in [6.07, 6.45) is 5.10. The zero-order valence-corrected chi connectivity index (χ0v) is 13.0. The van der Waals surface area contributed by atoms with Crippen molar-refractivity contribution < 1.29 is 14.6 Å². The SMILES string of the molecule is CC(C)(C)OC(=O)NCC(C)(O)C1(C)CCCCC1. The third-order valence-electron chi connectivity index (χ3n) is 4.23. The van der Waals surface area contributed by atoms with E-state index in [0.29, 0.717) is 0 Å². The fourth-order valence-corrected chi connectivity index (χ4v) is 2.64. The van der Waals surface area contributed by atoms with Gasteiger partial charge in [0.15, 0.2) is 0 Å². The summed E-state index contributed by atoms with van der Waals surface area (Å²) in [6, 6.07) is 0. The van der Waals surface area contributed by atoms with Crippen LogP contribution in [-0.2, 0) is 4.74 Å². The molecule has 4 heteroatoms. The van der Waals surface area contributed by atoms with Crippen LogP contribution in [0.25, 0.3) is 0 Å². The molecule has 112 valence electrons. The van der Waals surface area contributed by atoms with Crippen LogP contribution < -0.4 is 5.32 Å². The van der Waals surface area contributed by atoms with Crippen LogP contribution in [0.1, 0.15) is 66.7 Å². The van der Waals surface area contributed by atoms with E-state index < -0.39 is 17.3 Å². The third kappa shape index (κ3) is 4.68. The molecule has 1 atom stereocenters. The Kier molecular flexibility index (Phi) is 4.88. The van der Waals surface area contributed by atoms with Crippen molar-refractivity contribution in [1.82, 2.24) is 5.32 Å². The quantitative estimate of drug-likeness (QED) is 0.828.